The maximum Gasteiger partial charge on any atom is 2.00 e. The van der Waals surface area contributed by atoms with E-state index >= 15 is 0 Å². The SMILES string of the molecule is O=P(O)(O)O.[Ca+2].[Ca+2].[Ca+2].[Ca+2].[Ca+2].[Ca+2].[Ca+2].[H-].[H-].[H-].[H-].[H-].[H-].[H-].[H-].[H-].[H-].[H-].[H-].[H-].[H-]. The van der Waals surface area contributed by atoms with Gasteiger partial charge in [-0.3, -0.25) is 0 Å². The van der Waals surface area contributed by atoms with Crippen LogP contribution in [-0.4, -0.2) is 279 Å². The Hall–Kier alpha value is 8.93. The van der Waals surface area contributed by atoms with Gasteiger partial charge in [0.05, 0.1) is 0 Å². The molecule has 0 bridgehead atoms. The Morgan fingerprint density at radius 1 is 0.667 bits per heavy atom. The molecule has 0 rings (SSSR count). The van der Waals surface area contributed by atoms with Gasteiger partial charge in [0.25, 0.3) is 0 Å². The van der Waals surface area contributed by atoms with E-state index < -0.39 is 7.82 Å². The first-order valence-corrected chi connectivity index (χ1v) is 2.35. The van der Waals surface area contributed by atoms with E-state index in [-0.39, 0.29) is 284 Å². The van der Waals surface area contributed by atoms with Crippen molar-refractivity contribution >= 4 is 272 Å². The Morgan fingerprint density at radius 2 is 0.667 bits per heavy atom. The Kier molecular flexibility index (Phi) is 133. The average Bonchev–Trinajstić information content (AvgIpc) is 0.722. The van der Waals surface area contributed by atoms with Crippen molar-refractivity contribution in [1.29, 1.82) is 0 Å². The van der Waals surface area contributed by atoms with Crippen molar-refractivity contribution in [2.24, 2.45) is 0 Å². The number of rotatable bonds is 0. The van der Waals surface area contributed by atoms with Gasteiger partial charge in [0.2, 0.25) is 0 Å². The van der Waals surface area contributed by atoms with Crippen molar-refractivity contribution in [3.05, 3.63) is 0 Å². The molecule has 0 aliphatic rings. The second-order valence-electron chi connectivity index (χ2n) is 0.513. The molecule has 0 aromatic carbocycles. The summed E-state index contributed by atoms with van der Waals surface area (Å²) in [5.41, 5.74) is 0. The van der Waals surface area contributed by atoms with E-state index in [0.29, 0.717) is 0 Å². The van der Waals surface area contributed by atoms with Gasteiger partial charge in [-0.15, -0.1) is 0 Å². The minimum Gasteiger partial charge on any atom is -1.00 e. The van der Waals surface area contributed by atoms with Crippen LogP contribution in [0.15, 0.2) is 0 Å². The third-order valence-electron chi connectivity index (χ3n) is 0. The molecule has 0 saturated heterocycles. The van der Waals surface area contributed by atoms with Gasteiger partial charge in [0.1, 0.15) is 0 Å². The molecule has 0 spiro atoms. The zero-order valence-electron chi connectivity index (χ0n) is 21.1. The molecule has 0 heterocycles. The predicted molar refractivity (Wildman–Crippen MR) is 70.1 cm³/mol. The summed E-state index contributed by atoms with van der Waals surface area (Å²) in [5.74, 6) is 0. The maximum absolute atomic E-state index is 8.88. The summed E-state index contributed by atoms with van der Waals surface area (Å²) in [4.78, 5) is 21.6. The minimum atomic E-state index is -4.64. The summed E-state index contributed by atoms with van der Waals surface area (Å²) in [5, 5.41) is 0. The molecule has 0 fully saturated rings. The van der Waals surface area contributed by atoms with E-state index in [1.54, 1.807) is 0 Å². The fourth-order valence-corrected chi connectivity index (χ4v) is 0. The van der Waals surface area contributed by atoms with Crippen LogP contribution in [0.1, 0.15) is 20.0 Å². The molecule has 0 aliphatic carbocycles. The van der Waals surface area contributed by atoms with Gasteiger partial charge in [-0.2, -0.15) is 0 Å². The normalized spacial score (nSPS) is 4.92. The summed E-state index contributed by atoms with van der Waals surface area (Å²) in [6.07, 6.45) is 0. The molecule has 3 N–H and O–H groups in total. The summed E-state index contributed by atoms with van der Waals surface area (Å²) < 4.78 is 8.88. The average molecular weight is 393 g/mol. The second-order valence-corrected chi connectivity index (χ2v) is 1.54. The molecule has 4 nitrogen and oxygen atoms in total. The largest absolute Gasteiger partial charge is 2.00 e. The van der Waals surface area contributed by atoms with Crippen molar-refractivity contribution in [3.63, 3.8) is 0 Å². The molecule has 0 radical (unpaired) electrons. The van der Waals surface area contributed by atoms with Crippen LogP contribution >= 0.6 is 7.82 Å². The number of phosphoric acid groups is 1. The molecular weight excluding hydrogens is 376 g/mol. The first-order chi connectivity index (χ1) is 2.00. The fourth-order valence-electron chi connectivity index (χ4n) is 0. The summed E-state index contributed by atoms with van der Waals surface area (Å²) in [6.45, 7) is 0. The smallest absolute Gasteiger partial charge is 1.00 e. The van der Waals surface area contributed by atoms with Gasteiger partial charge in [0, 0.05) is 0 Å². The molecule has 0 aliphatic heterocycles. The number of hydrogen-bond donors (Lipinski definition) is 3. The van der Waals surface area contributed by atoms with Crippen LogP contribution in [0.3, 0.4) is 0 Å². The Morgan fingerprint density at radius 3 is 0.667 bits per heavy atom. The van der Waals surface area contributed by atoms with Crippen LogP contribution in [0.5, 0.6) is 0 Å². The summed E-state index contributed by atoms with van der Waals surface area (Å²) in [7, 11) is -4.64. The Labute approximate surface area is 302 Å². The van der Waals surface area contributed by atoms with E-state index in [1.165, 1.54) is 0 Å². The first kappa shape index (κ1) is 49.7. The molecule has 60 valence electrons. The zero-order chi connectivity index (χ0) is 4.50. The zero-order valence-corrected chi connectivity index (χ0v) is 23.5. The molecule has 0 amide bonds. The van der Waals surface area contributed by atoms with Crippen LogP contribution < -0.4 is 0 Å². The van der Waals surface area contributed by atoms with E-state index in [0.717, 1.165) is 0 Å². The molecule has 12 heteroatoms. The standard InChI is InChI=1S/7Ca.H3O4P.14H/c;;;;;;;1-5(2,3)4;;;;;;;;;;;;;;/h;;;;;;;(H3,1,2,3,4);;;;;;;;;;;;;;/q7*+2;;14*-1. The maximum atomic E-state index is 8.88. The monoisotopic (exact) mass is 392 g/mol. The van der Waals surface area contributed by atoms with Crippen LogP contribution in [0.25, 0.3) is 0 Å². The fraction of sp³-hybridized carbons (Fsp3) is 0. The number of hydrogen-bond acceptors (Lipinski definition) is 1. The predicted octanol–water partition coefficient (Wildman–Crippen LogP) is -2.02. The van der Waals surface area contributed by atoms with Crippen molar-refractivity contribution in [3.8, 4) is 0 Å². The van der Waals surface area contributed by atoms with Crippen LogP contribution in [0.4, 0.5) is 0 Å². The van der Waals surface area contributed by atoms with E-state index in [1.807, 2.05) is 0 Å². The van der Waals surface area contributed by atoms with Gasteiger partial charge in [-0.1, -0.05) is 0 Å². The molecule has 0 atom stereocenters. The van der Waals surface area contributed by atoms with Gasteiger partial charge in [-0.05, 0) is 0 Å². The summed E-state index contributed by atoms with van der Waals surface area (Å²) >= 11 is 0. The van der Waals surface area contributed by atoms with Crippen molar-refractivity contribution in [2.75, 3.05) is 0 Å². The van der Waals surface area contributed by atoms with Crippen molar-refractivity contribution in [1.82, 2.24) is 0 Å². The molecule has 0 aromatic rings. The van der Waals surface area contributed by atoms with E-state index in [2.05, 4.69) is 0 Å². The molecule has 12 heavy (non-hydrogen) atoms. The van der Waals surface area contributed by atoms with Crippen LogP contribution in [0.2, 0.25) is 0 Å². The topological polar surface area (TPSA) is 77.8 Å². The third kappa shape index (κ3) is 76.3. The second kappa shape index (κ2) is 32.0. The van der Waals surface area contributed by atoms with Gasteiger partial charge in [-0.25, -0.2) is 4.57 Å². The van der Waals surface area contributed by atoms with Crippen LogP contribution in [0, 0.1) is 0 Å². The third-order valence-corrected chi connectivity index (χ3v) is 0. The first-order valence-electron chi connectivity index (χ1n) is 0.783. The van der Waals surface area contributed by atoms with Gasteiger partial charge in [0.15, 0.2) is 0 Å². The van der Waals surface area contributed by atoms with Crippen LogP contribution in [-0.2, 0) is 4.57 Å². The van der Waals surface area contributed by atoms with Crippen molar-refractivity contribution < 1.29 is 39.2 Å². The van der Waals surface area contributed by atoms with E-state index in [4.69, 9.17) is 19.2 Å². The quantitative estimate of drug-likeness (QED) is 0.329. The summed E-state index contributed by atoms with van der Waals surface area (Å²) in [6, 6.07) is 0. The molecule has 0 unspecified atom stereocenters. The molecular formula is H17Ca7O4P. The van der Waals surface area contributed by atoms with Gasteiger partial charge < -0.3 is 34.7 Å². The minimum absolute atomic E-state index is 0. The van der Waals surface area contributed by atoms with Crippen molar-refractivity contribution in [2.45, 2.75) is 0 Å². The Bertz CT molecular complexity index is 87.4. The molecule has 0 saturated carbocycles. The van der Waals surface area contributed by atoms with Gasteiger partial charge >= 0.3 is 272 Å². The Balaban J connectivity index is -0.000000000381. The van der Waals surface area contributed by atoms with E-state index in [9.17, 15) is 0 Å². The molecule has 0 aromatic heterocycles.